The number of ether oxygens (including phenoxy) is 1. The van der Waals surface area contributed by atoms with Gasteiger partial charge in [-0.25, -0.2) is 0 Å². The van der Waals surface area contributed by atoms with Crippen molar-refractivity contribution in [2.75, 3.05) is 13.2 Å². The van der Waals surface area contributed by atoms with Gasteiger partial charge in [0.1, 0.15) is 11.8 Å². The summed E-state index contributed by atoms with van der Waals surface area (Å²) in [7, 11) is 0. The molecule has 0 bridgehead atoms. The Balaban J connectivity index is 2.19. The third-order valence-electron chi connectivity index (χ3n) is 5.76. The Morgan fingerprint density at radius 2 is 1.67 bits per heavy atom. The van der Waals surface area contributed by atoms with E-state index < -0.39 is 6.04 Å². The Morgan fingerprint density at radius 1 is 1.03 bits per heavy atom. The number of aryl methyl sites for hydroxylation is 1. The highest BCUT2D eigenvalue weighted by Crippen LogP contribution is 2.24. The molecular weight excluding hydrogens is 412 g/mol. The summed E-state index contributed by atoms with van der Waals surface area (Å²) in [6.45, 7) is 15.4. The quantitative estimate of drug-likeness (QED) is 0.536. The SMILES string of the molecule is CC[C@@H](C(=O)NCC(C)C)N(Cc1ccccc1C)C(=O)COc1ccc(C(C)(C)C)cc1. The van der Waals surface area contributed by atoms with Crippen molar-refractivity contribution < 1.29 is 14.3 Å². The molecule has 0 aliphatic carbocycles. The first kappa shape index (κ1) is 26.4. The van der Waals surface area contributed by atoms with Crippen LogP contribution >= 0.6 is 0 Å². The van der Waals surface area contributed by atoms with Crippen LogP contribution in [0.15, 0.2) is 48.5 Å². The van der Waals surface area contributed by atoms with Crippen LogP contribution in [-0.2, 0) is 21.5 Å². The van der Waals surface area contributed by atoms with Gasteiger partial charge in [-0.3, -0.25) is 9.59 Å². The Morgan fingerprint density at radius 3 is 2.21 bits per heavy atom. The van der Waals surface area contributed by atoms with Crippen molar-refractivity contribution >= 4 is 11.8 Å². The third kappa shape index (κ3) is 7.92. The average Bonchev–Trinajstić information content (AvgIpc) is 2.76. The second kappa shape index (κ2) is 11.9. The molecule has 0 saturated carbocycles. The molecule has 1 N–H and O–H groups in total. The van der Waals surface area contributed by atoms with E-state index in [0.29, 0.717) is 31.2 Å². The van der Waals surface area contributed by atoms with Gasteiger partial charge in [0.15, 0.2) is 6.61 Å². The zero-order valence-electron chi connectivity index (χ0n) is 21.3. The standard InChI is InChI=1S/C28H40N2O3/c1-8-25(27(32)29-17-20(2)3)30(18-22-12-10-9-11-21(22)4)26(31)19-33-24-15-13-23(14-16-24)28(5,6)7/h9-16,20,25H,8,17-19H2,1-7H3,(H,29,32)/t25-/m0/s1. The van der Waals surface area contributed by atoms with Crippen LogP contribution in [0.5, 0.6) is 5.75 Å². The summed E-state index contributed by atoms with van der Waals surface area (Å²) in [5.41, 5.74) is 3.37. The first-order chi connectivity index (χ1) is 15.5. The van der Waals surface area contributed by atoms with Crippen molar-refractivity contribution in [2.24, 2.45) is 5.92 Å². The zero-order chi connectivity index (χ0) is 24.6. The minimum Gasteiger partial charge on any atom is -0.484 e. The van der Waals surface area contributed by atoms with Crippen LogP contribution in [-0.4, -0.2) is 35.9 Å². The minimum atomic E-state index is -0.553. The van der Waals surface area contributed by atoms with Gasteiger partial charge in [-0.15, -0.1) is 0 Å². The largest absolute Gasteiger partial charge is 0.484 e. The van der Waals surface area contributed by atoms with Crippen LogP contribution in [0, 0.1) is 12.8 Å². The maximum absolute atomic E-state index is 13.3. The van der Waals surface area contributed by atoms with E-state index >= 15 is 0 Å². The van der Waals surface area contributed by atoms with Gasteiger partial charge >= 0.3 is 0 Å². The summed E-state index contributed by atoms with van der Waals surface area (Å²) in [5, 5.41) is 2.99. The van der Waals surface area contributed by atoms with E-state index in [1.807, 2.05) is 62.4 Å². The molecular formula is C28H40N2O3. The van der Waals surface area contributed by atoms with Crippen LogP contribution in [0.1, 0.15) is 64.7 Å². The number of nitrogens with one attached hydrogen (secondary N) is 1. The second-order valence-corrected chi connectivity index (χ2v) is 10.1. The maximum Gasteiger partial charge on any atom is 0.261 e. The second-order valence-electron chi connectivity index (χ2n) is 10.1. The molecule has 33 heavy (non-hydrogen) atoms. The minimum absolute atomic E-state index is 0.0520. The number of amides is 2. The predicted molar refractivity (Wildman–Crippen MR) is 134 cm³/mol. The molecule has 2 aromatic carbocycles. The summed E-state index contributed by atoms with van der Waals surface area (Å²) in [5.74, 6) is 0.656. The molecule has 180 valence electrons. The molecule has 0 spiro atoms. The fraction of sp³-hybridized carbons (Fsp3) is 0.500. The molecule has 0 fully saturated rings. The lowest BCUT2D eigenvalue weighted by atomic mass is 9.87. The third-order valence-corrected chi connectivity index (χ3v) is 5.76. The first-order valence-corrected chi connectivity index (χ1v) is 11.9. The van der Waals surface area contributed by atoms with Crippen molar-refractivity contribution in [1.82, 2.24) is 10.2 Å². The summed E-state index contributed by atoms with van der Waals surface area (Å²) >= 11 is 0. The first-order valence-electron chi connectivity index (χ1n) is 11.9. The van der Waals surface area contributed by atoms with Crippen molar-refractivity contribution in [3.63, 3.8) is 0 Å². The fourth-order valence-electron chi connectivity index (χ4n) is 3.59. The van der Waals surface area contributed by atoms with Gasteiger partial charge in [0.25, 0.3) is 5.91 Å². The zero-order valence-corrected chi connectivity index (χ0v) is 21.3. The molecule has 0 radical (unpaired) electrons. The van der Waals surface area contributed by atoms with Gasteiger partial charge in [0.05, 0.1) is 0 Å². The van der Waals surface area contributed by atoms with Gasteiger partial charge in [-0.05, 0) is 53.5 Å². The van der Waals surface area contributed by atoms with Crippen molar-refractivity contribution in [3.05, 3.63) is 65.2 Å². The van der Waals surface area contributed by atoms with E-state index in [-0.39, 0.29) is 23.8 Å². The number of benzene rings is 2. The van der Waals surface area contributed by atoms with Crippen LogP contribution in [0.4, 0.5) is 0 Å². The summed E-state index contributed by atoms with van der Waals surface area (Å²) in [4.78, 5) is 27.9. The number of rotatable bonds is 10. The highest BCUT2D eigenvalue weighted by molar-refractivity contribution is 5.88. The van der Waals surface area contributed by atoms with Crippen LogP contribution in [0.3, 0.4) is 0 Å². The monoisotopic (exact) mass is 452 g/mol. The molecule has 0 unspecified atom stereocenters. The van der Waals surface area contributed by atoms with Crippen LogP contribution < -0.4 is 10.1 Å². The summed E-state index contributed by atoms with van der Waals surface area (Å²) in [6, 6.07) is 15.2. The summed E-state index contributed by atoms with van der Waals surface area (Å²) in [6.07, 6.45) is 0.530. The van der Waals surface area contributed by atoms with Gasteiger partial charge < -0.3 is 15.0 Å². The van der Waals surface area contributed by atoms with Crippen molar-refractivity contribution in [1.29, 1.82) is 0 Å². The lowest BCUT2D eigenvalue weighted by Gasteiger charge is -2.31. The van der Waals surface area contributed by atoms with Gasteiger partial charge in [-0.1, -0.05) is 77.9 Å². The Labute approximate surface area is 199 Å². The highest BCUT2D eigenvalue weighted by Gasteiger charge is 2.29. The van der Waals surface area contributed by atoms with E-state index in [9.17, 15) is 9.59 Å². The van der Waals surface area contributed by atoms with Gasteiger partial charge in [0, 0.05) is 13.1 Å². The molecule has 5 nitrogen and oxygen atoms in total. The Kier molecular flexibility index (Phi) is 9.51. The molecule has 2 rings (SSSR count). The molecule has 2 aromatic rings. The number of carbonyl (C=O) groups is 2. The van der Waals surface area contributed by atoms with Crippen LogP contribution in [0.25, 0.3) is 0 Å². The molecule has 0 saturated heterocycles. The number of nitrogens with zero attached hydrogens (tertiary/aromatic N) is 1. The van der Waals surface area contributed by atoms with E-state index in [1.54, 1.807) is 4.90 Å². The molecule has 2 amide bonds. The van der Waals surface area contributed by atoms with E-state index in [2.05, 4.69) is 39.9 Å². The molecule has 0 heterocycles. The fourth-order valence-corrected chi connectivity index (χ4v) is 3.59. The normalized spacial score (nSPS) is 12.4. The smallest absolute Gasteiger partial charge is 0.261 e. The van der Waals surface area contributed by atoms with Gasteiger partial charge in [0.2, 0.25) is 5.91 Å². The summed E-state index contributed by atoms with van der Waals surface area (Å²) < 4.78 is 5.83. The van der Waals surface area contributed by atoms with E-state index in [0.717, 1.165) is 11.1 Å². The lowest BCUT2D eigenvalue weighted by Crippen LogP contribution is -2.50. The topological polar surface area (TPSA) is 58.6 Å². The molecule has 5 heteroatoms. The Hall–Kier alpha value is -2.82. The van der Waals surface area contributed by atoms with Crippen LogP contribution in [0.2, 0.25) is 0 Å². The van der Waals surface area contributed by atoms with E-state index in [1.165, 1.54) is 5.56 Å². The van der Waals surface area contributed by atoms with Crippen molar-refractivity contribution in [2.45, 2.75) is 72.9 Å². The molecule has 0 aliphatic heterocycles. The average molecular weight is 453 g/mol. The Bertz CT molecular complexity index is 913. The molecule has 1 atom stereocenters. The number of carbonyl (C=O) groups excluding carboxylic acids is 2. The highest BCUT2D eigenvalue weighted by atomic mass is 16.5. The number of hydrogen-bond acceptors (Lipinski definition) is 3. The maximum atomic E-state index is 13.3. The predicted octanol–water partition coefficient (Wildman–Crippen LogP) is 5.25. The van der Waals surface area contributed by atoms with Crippen molar-refractivity contribution in [3.8, 4) is 5.75 Å². The molecule has 0 aromatic heterocycles. The van der Waals surface area contributed by atoms with E-state index in [4.69, 9.17) is 4.74 Å². The number of hydrogen-bond donors (Lipinski definition) is 1. The van der Waals surface area contributed by atoms with Gasteiger partial charge in [-0.2, -0.15) is 0 Å². The molecule has 0 aliphatic rings. The lowest BCUT2D eigenvalue weighted by molar-refractivity contribution is -0.143.